The van der Waals surface area contributed by atoms with Crippen LogP contribution in [0.15, 0.2) is 12.1 Å². The average Bonchev–Trinajstić information content (AvgIpc) is 2.28. The van der Waals surface area contributed by atoms with Gasteiger partial charge in [-0.15, -0.1) is 0 Å². The van der Waals surface area contributed by atoms with Gasteiger partial charge >= 0.3 is 0 Å². The first-order valence-corrected chi connectivity index (χ1v) is 6.78. The molecule has 2 rings (SSSR count). The molecule has 18 heavy (non-hydrogen) atoms. The highest BCUT2D eigenvalue weighted by atomic mass is 32.2. The molecular weight excluding hydrogens is 260 g/mol. The van der Waals surface area contributed by atoms with E-state index >= 15 is 0 Å². The minimum absolute atomic E-state index is 0.0687. The van der Waals surface area contributed by atoms with Gasteiger partial charge in [0, 0.05) is 11.3 Å². The summed E-state index contributed by atoms with van der Waals surface area (Å²) in [7, 11) is 0. The Balaban J connectivity index is 2.28. The zero-order chi connectivity index (χ0) is 13.1. The fraction of sp³-hybridized carbons (Fsp3) is 0.417. The Morgan fingerprint density at radius 1 is 1.28 bits per heavy atom. The molecule has 1 aliphatic heterocycles. The van der Waals surface area contributed by atoms with Crippen molar-refractivity contribution in [3.8, 4) is 0 Å². The van der Waals surface area contributed by atoms with Gasteiger partial charge in [0.1, 0.15) is 17.7 Å². The van der Waals surface area contributed by atoms with Crippen molar-refractivity contribution in [1.82, 2.24) is 0 Å². The Morgan fingerprint density at radius 2 is 1.83 bits per heavy atom. The number of halogens is 2. The highest BCUT2D eigenvalue weighted by molar-refractivity contribution is 7.99. The molecule has 1 aromatic rings. The zero-order valence-corrected chi connectivity index (χ0v) is 10.4. The molecule has 0 bridgehead atoms. The maximum Gasteiger partial charge on any atom is 0.138 e. The van der Waals surface area contributed by atoms with E-state index in [9.17, 15) is 18.7 Å². The molecule has 0 radical (unpaired) electrons. The fourth-order valence-corrected chi connectivity index (χ4v) is 3.26. The van der Waals surface area contributed by atoms with Crippen LogP contribution in [0.3, 0.4) is 0 Å². The zero-order valence-electron chi connectivity index (χ0n) is 9.54. The first-order valence-electron chi connectivity index (χ1n) is 5.62. The van der Waals surface area contributed by atoms with Gasteiger partial charge in [-0.3, -0.25) is 0 Å². The van der Waals surface area contributed by atoms with E-state index in [0.717, 1.165) is 36.5 Å². The topological polar surface area (TPSA) is 52.2 Å². The van der Waals surface area contributed by atoms with E-state index in [2.05, 4.69) is 0 Å². The summed E-state index contributed by atoms with van der Waals surface area (Å²) >= 11 is 1.77. The molecule has 98 valence electrons. The highest BCUT2D eigenvalue weighted by Crippen LogP contribution is 2.35. The largest absolute Gasteiger partial charge is 0.530 e. The number of carboxylic acid groups (broad SMARTS) is 1. The van der Waals surface area contributed by atoms with Crippen LogP contribution in [0.2, 0.25) is 0 Å². The summed E-state index contributed by atoms with van der Waals surface area (Å²) in [5, 5.41) is 12.1. The number of carbonyl (C=O) groups is 1. The number of nitrogens with one attached hydrogen (secondary N) is 1. The molecular formula is C12H12F2NO2S-. The normalized spacial score (nSPS) is 16.6. The molecule has 3 nitrogen and oxygen atoms in total. The number of carbonyl (C=O) groups excluding carboxylic acids is 1. The van der Waals surface area contributed by atoms with Crippen LogP contribution in [0.25, 0.3) is 0 Å². The van der Waals surface area contributed by atoms with Crippen molar-refractivity contribution in [1.29, 1.82) is 0 Å². The SMILES string of the molecule is O=C([O-])Nc1cc(F)c(C2CCSCC2)c(F)c1. The predicted octanol–water partition coefficient (Wildman–Crippen LogP) is 2.33. The summed E-state index contributed by atoms with van der Waals surface area (Å²) in [6.07, 6.45) is -0.104. The van der Waals surface area contributed by atoms with Crippen molar-refractivity contribution in [3.63, 3.8) is 0 Å². The predicted molar refractivity (Wildman–Crippen MR) is 64.7 cm³/mol. The molecule has 1 N–H and O–H groups in total. The molecule has 0 unspecified atom stereocenters. The van der Waals surface area contributed by atoms with Gasteiger partial charge in [-0.05, 0) is 42.4 Å². The average molecular weight is 272 g/mol. The van der Waals surface area contributed by atoms with E-state index in [1.807, 2.05) is 5.32 Å². The molecule has 6 heteroatoms. The van der Waals surface area contributed by atoms with Crippen LogP contribution in [0.1, 0.15) is 24.3 Å². The molecule has 0 spiro atoms. The summed E-state index contributed by atoms with van der Waals surface area (Å²) in [6, 6.07) is 1.99. The Morgan fingerprint density at radius 3 is 2.33 bits per heavy atom. The number of hydrogen-bond donors (Lipinski definition) is 1. The minimum Gasteiger partial charge on any atom is -0.530 e. The van der Waals surface area contributed by atoms with Gasteiger partial charge in [-0.2, -0.15) is 11.8 Å². The fourth-order valence-electron chi connectivity index (χ4n) is 2.15. The van der Waals surface area contributed by atoms with Crippen molar-refractivity contribution in [3.05, 3.63) is 29.3 Å². The number of anilines is 1. The van der Waals surface area contributed by atoms with Crippen LogP contribution in [0, 0.1) is 11.6 Å². The minimum atomic E-state index is -1.59. The Bertz CT molecular complexity index is 438. The van der Waals surface area contributed by atoms with Gasteiger partial charge in [0.25, 0.3) is 0 Å². The van der Waals surface area contributed by atoms with Crippen molar-refractivity contribution >= 4 is 23.5 Å². The van der Waals surface area contributed by atoms with Crippen LogP contribution >= 0.6 is 11.8 Å². The summed E-state index contributed by atoms with van der Waals surface area (Å²) in [5.74, 6) is 0.264. The van der Waals surface area contributed by atoms with E-state index in [0.29, 0.717) is 0 Å². The number of thioether (sulfide) groups is 1. The van der Waals surface area contributed by atoms with Crippen LogP contribution in [-0.4, -0.2) is 17.6 Å². The molecule has 0 saturated carbocycles. The molecule has 1 aromatic carbocycles. The van der Waals surface area contributed by atoms with Crippen LogP contribution in [0.5, 0.6) is 0 Å². The van der Waals surface area contributed by atoms with Gasteiger partial charge < -0.3 is 15.2 Å². The second-order valence-corrected chi connectivity index (χ2v) is 5.38. The standard InChI is InChI=1S/C12H13F2NO2S/c13-9-5-8(15-12(16)17)6-10(14)11(9)7-1-3-18-4-2-7/h5-7,15H,1-4H2,(H,16,17)/p-1. The molecule has 1 aliphatic rings. The van der Waals surface area contributed by atoms with Gasteiger partial charge in [-0.1, -0.05) is 0 Å². The van der Waals surface area contributed by atoms with Gasteiger partial charge in [0.05, 0.1) is 0 Å². The Hall–Kier alpha value is -1.30. The van der Waals surface area contributed by atoms with Gasteiger partial charge in [-0.25, -0.2) is 8.78 Å². The second-order valence-electron chi connectivity index (χ2n) is 4.15. The Labute approximate surface area is 108 Å². The summed E-state index contributed by atoms with van der Waals surface area (Å²) in [4.78, 5) is 10.3. The molecule has 1 heterocycles. The number of amides is 1. The first-order chi connectivity index (χ1) is 8.58. The molecule has 0 aromatic heterocycles. The second kappa shape index (κ2) is 5.56. The summed E-state index contributed by atoms with van der Waals surface area (Å²) in [6.45, 7) is 0. The van der Waals surface area contributed by atoms with E-state index in [-0.39, 0.29) is 17.2 Å². The third-order valence-electron chi connectivity index (χ3n) is 2.96. The van der Waals surface area contributed by atoms with E-state index in [1.54, 1.807) is 11.8 Å². The molecule has 0 atom stereocenters. The maximum atomic E-state index is 13.8. The number of benzene rings is 1. The lowest BCUT2D eigenvalue weighted by atomic mass is 9.92. The molecule has 1 amide bonds. The summed E-state index contributed by atoms with van der Waals surface area (Å²) < 4.78 is 27.7. The van der Waals surface area contributed by atoms with Gasteiger partial charge in [0.15, 0.2) is 0 Å². The lowest BCUT2D eigenvalue weighted by molar-refractivity contribution is -0.242. The van der Waals surface area contributed by atoms with Crippen molar-refractivity contribution in [2.45, 2.75) is 18.8 Å². The first kappa shape index (κ1) is 13.1. The smallest absolute Gasteiger partial charge is 0.138 e. The van der Waals surface area contributed by atoms with E-state index < -0.39 is 17.7 Å². The van der Waals surface area contributed by atoms with Crippen molar-refractivity contribution in [2.75, 3.05) is 16.8 Å². The maximum absolute atomic E-state index is 13.8. The molecule has 0 aliphatic carbocycles. The monoisotopic (exact) mass is 272 g/mol. The van der Waals surface area contributed by atoms with E-state index in [1.165, 1.54) is 0 Å². The van der Waals surface area contributed by atoms with Crippen LogP contribution in [0.4, 0.5) is 19.3 Å². The van der Waals surface area contributed by atoms with Crippen molar-refractivity contribution in [2.24, 2.45) is 0 Å². The van der Waals surface area contributed by atoms with Crippen LogP contribution in [-0.2, 0) is 0 Å². The number of hydrogen-bond acceptors (Lipinski definition) is 3. The van der Waals surface area contributed by atoms with E-state index in [4.69, 9.17) is 0 Å². The van der Waals surface area contributed by atoms with Gasteiger partial charge in [0.2, 0.25) is 0 Å². The lowest BCUT2D eigenvalue weighted by Crippen LogP contribution is -2.29. The highest BCUT2D eigenvalue weighted by Gasteiger charge is 2.23. The molecule has 1 fully saturated rings. The lowest BCUT2D eigenvalue weighted by Gasteiger charge is -2.23. The summed E-state index contributed by atoms with van der Waals surface area (Å²) in [5.41, 5.74) is -0.0712. The Kier molecular flexibility index (Phi) is 4.06. The third-order valence-corrected chi connectivity index (χ3v) is 4.00. The van der Waals surface area contributed by atoms with Crippen molar-refractivity contribution < 1.29 is 18.7 Å². The van der Waals surface area contributed by atoms with Crippen LogP contribution < -0.4 is 10.4 Å². The third kappa shape index (κ3) is 2.93. The quantitative estimate of drug-likeness (QED) is 0.899. The number of rotatable bonds is 2. The molecule has 1 saturated heterocycles.